The third-order valence-corrected chi connectivity index (χ3v) is 4.88. The molecular formula is C18H25N3O4S. The van der Waals surface area contributed by atoms with Gasteiger partial charge in [-0.05, 0) is 67.9 Å². The van der Waals surface area contributed by atoms with Gasteiger partial charge in [-0.1, -0.05) is 6.07 Å². The van der Waals surface area contributed by atoms with Crippen LogP contribution in [0.4, 0.5) is 10.5 Å². The molecule has 0 radical (unpaired) electrons. The summed E-state index contributed by atoms with van der Waals surface area (Å²) < 4.78 is 5.21. The minimum absolute atomic E-state index is 0.377. The molecule has 3 amide bonds. The normalized spacial score (nSPS) is 14.8. The Hall–Kier alpha value is -2.22. The lowest BCUT2D eigenvalue weighted by molar-refractivity contribution is -0.155. The lowest BCUT2D eigenvalue weighted by atomic mass is 10.1. The molecule has 0 unspecified atom stereocenters. The van der Waals surface area contributed by atoms with Gasteiger partial charge in [-0.15, -0.1) is 0 Å². The summed E-state index contributed by atoms with van der Waals surface area (Å²) in [5.74, 6) is -0.441. The lowest BCUT2D eigenvalue weighted by Gasteiger charge is -2.19. The number of rotatable bonds is 8. The largest absolute Gasteiger partial charge is 0.451 e. The first-order chi connectivity index (χ1) is 12.4. The maximum atomic E-state index is 12.3. The number of nitrogens with two attached hydrogens (primary N) is 1. The maximum Gasteiger partial charge on any atom is 0.329 e. The van der Waals surface area contributed by atoms with E-state index in [1.54, 1.807) is 0 Å². The van der Waals surface area contributed by atoms with Crippen LogP contribution in [0, 0.1) is 0 Å². The summed E-state index contributed by atoms with van der Waals surface area (Å²) in [6, 6.07) is 4.17. The number of primary amides is 1. The van der Waals surface area contributed by atoms with Crippen LogP contribution in [0.5, 0.6) is 0 Å². The van der Waals surface area contributed by atoms with Crippen LogP contribution >= 0.6 is 11.8 Å². The number of hydrogen-bond acceptors (Lipinski definition) is 5. The number of ether oxygens (including phenoxy) is 1. The highest BCUT2D eigenvalue weighted by molar-refractivity contribution is 7.98. The average Bonchev–Trinajstić information content (AvgIpc) is 3.05. The molecule has 26 heavy (non-hydrogen) atoms. The Bertz CT molecular complexity index is 680. The molecular weight excluding hydrogens is 354 g/mol. The van der Waals surface area contributed by atoms with E-state index in [2.05, 4.69) is 10.6 Å². The number of benzene rings is 1. The van der Waals surface area contributed by atoms with Gasteiger partial charge in [0.25, 0.3) is 5.91 Å². The summed E-state index contributed by atoms with van der Waals surface area (Å²) in [6.07, 6.45) is 4.50. The van der Waals surface area contributed by atoms with Crippen molar-refractivity contribution in [2.45, 2.75) is 44.8 Å². The van der Waals surface area contributed by atoms with Crippen molar-refractivity contribution in [2.24, 2.45) is 5.73 Å². The van der Waals surface area contributed by atoms with Crippen LogP contribution in [0.2, 0.25) is 0 Å². The molecule has 0 saturated heterocycles. The van der Waals surface area contributed by atoms with Gasteiger partial charge in [0.2, 0.25) is 0 Å². The number of aryl methyl sites for hydroxylation is 2. The molecule has 1 aliphatic rings. The summed E-state index contributed by atoms with van der Waals surface area (Å²) in [5, 5.41) is 5.12. The van der Waals surface area contributed by atoms with Crippen LogP contribution < -0.4 is 16.4 Å². The fourth-order valence-electron chi connectivity index (χ4n) is 2.86. The van der Waals surface area contributed by atoms with E-state index in [9.17, 15) is 14.4 Å². The first-order valence-electron chi connectivity index (χ1n) is 8.58. The third kappa shape index (κ3) is 5.66. The van der Waals surface area contributed by atoms with Crippen molar-refractivity contribution in [1.82, 2.24) is 5.32 Å². The van der Waals surface area contributed by atoms with Gasteiger partial charge in [-0.3, -0.25) is 4.79 Å². The van der Waals surface area contributed by atoms with E-state index >= 15 is 0 Å². The second kappa shape index (κ2) is 9.47. The summed E-state index contributed by atoms with van der Waals surface area (Å²) in [7, 11) is 0. The molecule has 0 spiro atoms. The Kier molecular flexibility index (Phi) is 7.32. The molecule has 0 heterocycles. The molecule has 4 N–H and O–H groups in total. The number of amides is 3. The number of carbonyl (C=O) groups is 3. The predicted molar refractivity (Wildman–Crippen MR) is 102 cm³/mol. The lowest BCUT2D eigenvalue weighted by Crippen LogP contribution is -2.46. The molecule has 8 heteroatoms. The molecule has 0 bridgehead atoms. The number of esters is 1. The Balaban J connectivity index is 1.92. The smallest absolute Gasteiger partial charge is 0.329 e. The molecule has 1 aliphatic carbocycles. The molecule has 7 nitrogen and oxygen atoms in total. The number of thioether (sulfide) groups is 1. The fraction of sp³-hybridized carbons (Fsp3) is 0.500. The monoisotopic (exact) mass is 379 g/mol. The van der Waals surface area contributed by atoms with Gasteiger partial charge in [0.05, 0.1) is 0 Å². The van der Waals surface area contributed by atoms with Crippen molar-refractivity contribution in [1.29, 1.82) is 0 Å². The molecule has 1 aromatic rings. The fourth-order valence-corrected chi connectivity index (χ4v) is 3.33. The Morgan fingerprint density at radius 2 is 2.00 bits per heavy atom. The van der Waals surface area contributed by atoms with Crippen LogP contribution in [0.15, 0.2) is 18.2 Å². The van der Waals surface area contributed by atoms with Crippen molar-refractivity contribution < 1.29 is 19.1 Å². The van der Waals surface area contributed by atoms with E-state index in [1.807, 2.05) is 24.5 Å². The Morgan fingerprint density at radius 1 is 1.27 bits per heavy atom. The van der Waals surface area contributed by atoms with Gasteiger partial charge < -0.3 is 21.1 Å². The maximum absolute atomic E-state index is 12.3. The predicted octanol–water partition coefficient (Wildman–Crippen LogP) is 1.84. The van der Waals surface area contributed by atoms with Crippen LogP contribution in [-0.2, 0) is 27.2 Å². The third-order valence-electron chi connectivity index (χ3n) is 4.24. The molecule has 0 aromatic heterocycles. The second-order valence-corrected chi connectivity index (χ2v) is 7.23. The Labute approximate surface area is 157 Å². The van der Waals surface area contributed by atoms with Gasteiger partial charge in [0.15, 0.2) is 6.10 Å². The highest BCUT2D eigenvalue weighted by Crippen LogP contribution is 2.25. The van der Waals surface area contributed by atoms with Crippen LogP contribution in [-0.4, -0.2) is 42.1 Å². The molecule has 0 fully saturated rings. The summed E-state index contributed by atoms with van der Waals surface area (Å²) in [5.41, 5.74) is 8.35. The minimum Gasteiger partial charge on any atom is -0.451 e. The minimum atomic E-state index is -0.984. The summed E-state index contributed by atoms with van der Waals surface area (Å²) >= 11 is 1.53. The number of carbonyl (C=O) groups excluding carboxylic acids is 3. The van der Waals surface area contributed by atoms with E-state index in [1.165, 1.54) is 29.8 Å². The number of fused-ring (bicyclic) bond motifs is 1. The molecule has 1 aromatic carbocycles. The number of nitrogens with one attached hydrogen (secondary N) is 2. The van der Waals surface area contributed by atoms with Crippen LogP contribution in [0.3, 0.4) is 0 Å². The zero-order valence-corrected chi connectivity index (χ0v) is 15.9. The molecule has 0 aliphatic heterocycles. The molecule has 0 saturated carbocycles. The van der Waals surface area contributed by atoms with E-state index in [-0.39, 0.29) is 0 Å². The van der Waals surface area contributed by atoms with Crippen molar-refractivity contribution >= 4 is 35.4 Å². The van der Waals surface area contributed by atoms with Gasteiger partial charge in [0.1, 0.15) is 6.04 Å². The zero-order valence-electron chi connectivity index (χ0n) is 15.0. The highest BCUT2D eigenvalue weighted by atomic mass is 32.2. The van der Waals surface area contributed by atoms with Gasteiger partial charge in [0, 0.05) is 5.69 Å². The van der Waals surface area contributed by atoms with Crippen LogP contribution in [0.25, 0.3) is 0 Å². The van der Waals surface area contributed by atoms with E-state index in [0.717, 1.165) is 19.3 Å². The number of anilines is 1. The summed E-state index contributed by atoms with van der Waals surface area (Å²) in [4.78, 5) is 35.6. The molecule has 2 atom stereocenters. The molecule has 142 valence electrons. The van der Waals surface area contributed by atoms with Crippen molar-refractivity contribution in [3.8, 4) is 0 Å². The van der Waals surface area contributed by atoms with E-state index in [4.69, 9.17) is 10.5 Å². The number of hydrogen-bond donors (Lipinski definition) is 3. The first kappa shape index (κ1) is 20.1. The van der Waals surface area contributed by atoms with Gasteiger partial charge in [-0.2, -0.15) is 11.8 Å². The quantitative estimate of drug-likeness (QED) is 0.597. The molecule has 2 rings (SSSR count). The van der Waals surface area contributed by atoms with Gasteiger partial charge in [-0.25, -0.2) is 9.59 Å². The second-order valence-electron chi connectivity index (χ2n) is 6.25. The van der Waals surface area contributed by atoms with Crippen molar-refractivity contribution in [3.05, 3.63) is 29.3 Å². The van der Waals surface area contributed by atoms with Crippen LogP contribution in [0.1, 0.15) is 30.9 Å². The first-order valence-corrected chi connectivity index (χ1v) is 9.98. The van der Waals surface area contributed by atoms with Crippen molar-refractivity contribution in [3.63, 3.8) is 0 Å². The highest BCUT2D eigenvalue weighted by Gasteiger charge is 2.26. The average molecular weight is 379 g/mol. The topological polar surface area (TPSA) is 111 Å². The SMILES string of the molecule is CSCC[C@H](NC(N)=O)C(=O)O[C@H](C)C(=O)Nc1ccc2c(c1)CCC2. The zero-order chi connectivity index (χ0) is 19.1. The number of urea groups is 1. The van der Waals surface area contributed by atoms with Crippen molar-refractivity contribution in [2.75, 3.05) is 17.3 Å². The van der Waals surface area contributed by atoms with Gasteiger partial charge >= 0.3 is 12.0 Å². The summed E-state index contributed by atoms with van der Waals surface area (Å²) in [6.45, 7) is 1.50. The Morgan fingerprint density at radius 3 is 2.69 bits per heavy atom. The van der Waals surface area contributed by atoms with E-state index < -0.39 is 30.1 Å². The standard InChI is InChI=1S/C18H25N3O4S/c1-11(25-17(23)15(8-9-26-2)21-18(19)24)16(22)20-14-7-6-12-4-3-5-13(12)10-14/h6-7,10-11,15H,3-5,8-9H2,1-2H3,(H,20,22)(H3,19,21,24)/t11-,15+/m1/s1. The van der Waals surface area contributed by atoms with E-state index in [0.29, 0.717) is 17.9 Å².